The SMILES string of the molecule is CCN(c1ccccc1)S(=O)(=O)c1ccc(C(=O)NCc2cccnc2)cc1. The van der Waals surface area contributed by atoms with Gasteiger partial charge in [-0.05, 0) is 55.0 Å². The molecule has 0 saturated heterocycles. The highest BCUT2D eigenvalue weighted by molar-refractivity contribution is 7.92. The lowest BCUT2D eigenvalue weighted by molar-refractivity contribution is 0.0951. The van der Waals surface area contributed by atoms with Gasteiger partial charge in [0.1, 0.15) is 0 Å². The lowest BCUT2D eigenvalue weighted by atomic mass is 10.2. The Balaban J connectivity index is 1.74. The molecule has 1 amide bonds. The maximum Gasteiger partial charge on any atom is 0.264 e. The van der Waals surface area contributed by atoms with Gasteiger partial charge >= 0.3 is 0 Å². The number of carbonyl (C=O) groups excluding carboxylic acids is 1. The summed E-state index contributed by atoms with van der Waals surface area (Å²) in [7, 11) is -3.71. The number of aromatic nitrogens is 1. The van der Waals surface area contributed by atoms with Crippen molar-refractivity contribution in [2.24, 2.45) is 0 Å². The largest absolute Gasteiger partial charge is 0.348 e. The van der Waals surface area contributed by atoms with Gasteiger partial charge in [0, 0.05) is 31.0 Å². The first-order valence-electron chi connectivity index (χ1n) is 8.87. The normalized spacial score (nSPS) is 11.0. The van der Waals surface area contributed by atoms with E-state index in [1.165, 1.54) is 28.6 Å². The number of para-hydroxylation sites is 1. The molecule has 0 saturated carbocycles. The van der Waals surface area contributed by atoms with Crippen LogP contribution in [0, 0.1) is 0 Å². The van der Waals surface area contributed by atoms with E-state index in [1.54, 1.807) is 49.6 Å². The van der Waals surface area contributed by atoms with Crippen LogP contribution in [0.25, 0.3) is 0 Å². The molecular weight excluding hydrogens is 374 g/mol. The number of anilines is 1. The molecular formula is C21H21N3O3S. The molecule has 3 rings (SSSR count). The summed E-state index contributed by atoms with van der Waals surface area (Å²) < 4.78 is 27.3. The second-order valence-electron chi connectivity index (χ2n) is 6.07. The molecule has 0 radical (unpaired) electrons. The molecule has 1 aromatic heterocycles. The number of benzene rings is 2. The van der Waals surface area contributed by atoms with E-state index in [1.807, 2.05) is 12.1 Å². The van der Waals surface area contributed by atoms with Crippen LogP contribution in [0.15, 0.2) is 84.0 Å². The highest BCUT2D eigenvalue weighted by atomic mass is 32.2. The summed E-state index contributed by atoms with van der Waals surface area (Å²) in [6, 6.07) is 18.5. The van der Waals surface area contributed by atoms with E-state index in [2.05, 4.69) is 10.3 Å². The molecule has 0 aliphatic rings. The van der Waals surface area contributed by atoms with Crippen LogP contribution >= 0.6 is 0 Å². The van der Waals surface area contributed by atoms with Crippen LogP contribution in [-0.2, 0) is 16.6 Å². The van der Waals surface area contributed by atoms with Crippen molar-refractivity contribution in [3.63, 3.8) is 0 Å². The molecule has 0 bridgehead atoms. The zero-order valence-electron chi connectivity index (χ0n) is 15.4. The average Bonchev–Trinajstić information content (AvgIpc) is 2.74. The van der Waals surface area contributed by atoms with E-state index in [-0.39, 0.29) is 10.8 Å². The molecule has 0 unspecified atom stereocenters. The van der Waals surface area contributed by atoms with Gasteiger partial charge in [-0.3, -0.25) is 14.1 Å². The minimum Gasteiger partial charge on any atom is -0.348 e. The van der Waals surface area contributed by atoms with Gasteiger partial charge in [-0.2, -0.15) is 0 Å². The molecule has 6 nitrogen and oxygen atoms in total. The Morgan fingerprint density at radius 2 is 1.71 bits per heavy atom. The van der Waals surface area contributed by atoms with Crippen molar-refractivity contribution in [2.45, 2.75) is 18.4 Å². The third kappa shape index (κ3) is 4.37. The van der Waals surface area contributed by atoms with Crippen LogP contribution in [0.1, 0.15) is 22.8 Å². The van der Waals surface area contributed by atoms with Gasteiger partial charge in [-0.1, -0.05) is 24.3 Å². The quantitative estimate of drug-likeness (QED) is 0.666. The molecule has 0 spiro atoms. The van der Waals surface area contributed by atoms with Crippen molar-refractivity contribution in [2.75, 3.05) is 10.8 Å². The predicted molar refractivity (Wildman–Crippen MR) is 108 cm³/mol. The van der Waals surface area contributed by atoms with Crippen molar-refractivity contribution in [3.05, 3.63) is 90.3 Å². The Labute approximate surface area is 164 Å². The Hall–Kier alpha value is -3.19. The highest BCUT2D eigenvalue weighted by Crippen LogP contribution is 2.23. The first-order valence-corrected chi connectivity index (χ1v) is 10.3. The lowest BCUT2D eigenvalue weighted by Crippen LogP contribution is -2.30. The summed E-state index contributed by atoms with van der Waals surface area (Å²) in [4.78, 5) is 16.4. The molecule has 28 heavy (non-hydrogen) atoms. The van der Waals surface area contributed by atoms with Gasteiger partial charge in [0.25, 0.3) is 15.9 Å². The Morgan fingerprint density at radius 1 is 1.00 bits per heavy atom. The summed E-state index contributed by atoms with van der Waals surface area (Å²) in [6.07, 6.45) is 3.35. The van der Waals surface area contributed by atoms with Crippen LogP contribution < -0.4 is 9.62 Å². The van der Waals surface area contributed by atoms with Crippen molar-refractivity contribution in [1.29, 1.82) is 0 Å². The second kappa shape index (κ2) is 8.67. The number of pyridine rings is 1. The summed E-state index contributed by atoms with van der Waals surface area (Å²) in [5, 5.41) is 2.79. The van der Waals surface area contributed by atoms with E-state index in [9.17, 15) is 13.2 Å². The third-order valence-corrected chi connectivity index (χ3v) is 6.13. The fourth-order valence-corrected chi connectivity index (χ4v) is 4.25. The average molecular weight is 395 g/mol. The number of nitrogens with one attached hydrogen (secondary N) is 1. The minimum atomic E-state index is -3.71. The monoisotopic (exact) mass is 395 g/mol. The second-order valence-corrected chi connectivity index (χ2v) is 7.94. The molecule has 144 valence electrons. The molecule has 0 atom stereocenters. The maximum absolute atomic E-state index is 13.0. The van der Waals surface area contributed by atoms with Gasteiger partial charge in [0.05, 0.1) is 10.6 Å². The van der Waals surface area contributed by atoms with Crippen molar-refractivity contribution < 1.29 is 13.2 Å². The lowest BCUT2D eigenvalue weighted by Gasteiger charge is -2.23. The first-order chi connectivity index (χ1) is 13.5. The van der Waals surface area contributed by atoms with Crippen molar-refractivity contribution >= 4 is 21.6 Å². The summed E-state index contributed by atoms with van der Waals surface area (Å²) in [5.41, 5.74) is 1.88. The van der Waals surface area contributed by atoms with E-state index >= 15 is 0 Å². The molecule has 3 aromatic rings. The Kier molecular flexibility index (Phi) is 6.06. The summed E-state index contributed by atoms with van der Waals surface area (Å²) in [5.74, 6) is -0.275. The van der Waals surface area contributed by atoms with E-state index in [0.29, 0.717) is 24.3 Å². The molecule has 1 N–H and O–H groups in total. The molecule has 7 heteroatoms. The van der Waals surface area contributed by atoms with Gasteiger partial charge in [0.15, 0.2) is 0 Å². The topological polar surface area (TPSA) is 79.4 Å². The Morgan fingerprint density at radius 3 is 2.32 bits per heavy atom. The van der Waals surface area contributed by atoms with Crippen LogP contribution in [0.3, 0.4) is 0 Å². The number of hydrogen-bond acceptors (Lipinski definition) is 4. The van der Waals surface area contributed by atoms with E-state index in [4.69, 9.17) is 0 Å². The molecule has 0 aliphatic carbocycles. The van der Waals surface area contributed by atoms with Gasteiger partial charge in [-0.15, -0.1) is 0 Å². The predicted octanol–water partition coefficient (Wildman–Crippen LogP) is 3.23. The number of rotatable bonds is 7. The zero-order valence-corrected chi connectivity index (χ0v) is 16.3. The summed E-state index contributed by atoms with van der Waals surface area (Å²) in [6.45, 7) is 2.44. The third-order valence-electron chi connectivity index (χ3n) is 4.21. The molecule has 2 aromatic carbocycles. The van der Waals surface area contributed by atoms with Crippen molar-refractivity contribution in [3.8, 4) is 0 Å². The highest BCUT2D eigenvalue weighted by Gasteiger charge is 2.23. The van der Waals surface area contributed by atoms with Crippen molar-refractivity contribution in [1.82, 2.24) is 10.3 Å². The van der Waals surface area contributed by atoms with Gasteiger partial charge < -0.3 is 5.32 Å². The molecule has 1 heterocycles. The number of carbonyl (C=O) groups is 1. The zero-order chi connectivity index (χ0) is 20.0. The minimum absolute atomic E-state index is 0.141. The first kappa shape index (κ1) is 19.6. The van der Waals surface area contributed by atoms with E-state index < -0.39 is 10.0 Å². The number of amides is 1. The standard InChI is InChI=1S/C21H21N3O3S/c1-2-24(19-8-4-3-5-9-19)28(26,27)20-12-10-18(11-13-20)21(25)23-16-17-7-6-14-22-15-17/h3-15H,2,16H2,1H3,(H,23,25). The summed E-state index contributed by atoms with van der Waals surface area (Å²) >= 11 is 0. The molecule has 0 aliphatic heterocycles. The molecule has 0 fully saturated rings. The number of hydrogen-bond donors (Lipinski definition) is 1. The van der Waals surface area contributed by atoms with Crippen LogP contribution in [0.4, 0.5) is 5.69 Å². The van der Waals surface area contributed by atoms with Gasteiger partial charge in [0.2, 0.25) is 0 Å². The maximum atomic E-state index is 13.0. The smallest absolute Gasteiger partial charge is 0.264 e. The Bertz CT molecular complexity index is 1020. The van der Waals surface area contributed by atoms with Crippen LogP contribution in [-0.4, -0.2) is 25.9 Å². The number of sulfonamides is 1. The van der Waals surface area contributed by atoms with Crippen LogP contribution in [0.5, 0.6) is 0 Å². The van der Waals surface area contributed by atoms with Gasteiger partial charge in [-0.25, -0.2) is 8.42 Å². The van der Waals surface area contributed by atoms with Crippen LogP contribution in [0.2, 0.25) is 0 Å². The fraction of sp³-hybridized carbons (Fsp3) is 0.143. The number of nitrogens with zero attached hydrogens (tertiary/aromatic N) is 2. The van der Waals surface area contributed by atoms with E-state index in [0.717, 1.165) is 5.56 Å². The fourth-order valence-electron chi connectivity index (χ4n) is 2.78.